The number of nitrogens with zero attached hydrogens (tertiary/aromatic N) is 1. The zero-order valence-electron chi connectivity index (χ0n) is 9.34. The maximum absolute atomic E-state index is 11.7. The Labute approximate surface area is 102 Å². The average Bonchev–Trinajstić information content (AvgIpc) is 2.55. The lowest BCUT2D eigenvalue weighted by molar-refractivity contribution is -0.758. The van der Waals surface area contributed by atoms with Gasteiger partial charge >= 0.3 is 0 Å². The van der Waals surface area contributed by atoms with E-state index in [9.17, 15) is 19.7 Å². The van der Waals surface area contributed by atoms with Gasteiger partial charge in [0, 0.05) is 11.3 Å². The van der Waals surface area contributed by atoms with Gasteiger partial charge in [0.15, 0.2) is 0 Å². The lowest BCUT2D eigenvalue weighted by Gasteiger charge is -2.17. The zero-order chi connectivity index (χ0) is 13.0. The molecule has 1 unspecified atom stereocenters. The molecule has 2 N–H and O–H groups in total. The van der Waals surface area contributed by atoms with E-state index in [0.29, 0.717) is 0 Å². The van der Waals surface area contributed by atoms with Crippen molar-refractivity contribution >= 4 is 22.9 Å². The van der Waals surface area contributed by atoms with Crippen molar-refractivity contribution in [2.45, 2.75) is 31.2 Å². The van der Waals surface area contributed by atoms with Crippen LogP contribution in [-0.4, -0.2) is 40.2 Å². The van der Waals surface area contributed by atoms with E-state index in [-0.39, 0.29) is 23.0 Å². The standard InChI is InChI=1S/C8H13N3O5S/c1-4(3-16-11(14)15)9-7(12)6-5(2)17-8(13)10-6/h4-6H,3H2,1-2H3,(H,9,12)(H,10,13)/t4-,5?,6-/m0/s1. The molecular weight excluding hydrogens is 250 g/mol. The number of carbonyl (C=O) groups is 2. The van der Waals surface area contributed by atoms with Gasteiger partial charge in [0.1, 0.15) is 12.6 Å². The molecule has 1 heterocycles. The fourth-order valence-corrected chi connectivity index (χ4v) is 2.20. The number of amides is 2. The Morgan fingerprint density at radius 1 is 1.76 bits per heavy atom. The van der Waals surface area contributed by atoms with E-state index in [1.54, 1.807) is 13.8 Å². The van der Waals surface area contributed by atoms with E-state index in [4.69, 9.17) is 0 Å². The third kappa shape index (κ3) is 4.10. The van der Waals surface area contributed by atoms with E-state index >= 15 is 0 Å². The van der Waals surface area contributed by atoms with Crippen LogP contribution in [0.4, 0.5) is 4.79 Å². The van der Waals surface area contributed by atoms with Crippen molar-refractivity contribution in [1.29, 1.82) is 0 Å². The van der Waals surface area contributed by atoms with Crippen LogP contribution in [0.25, 0.3) is 0 Å². The molecule has 0 saturated carbocycles. The third-order valence-corrected chi connectivity index (χ3v) is 3.11. The normalized spacial score (nSPS) is 24.9. The summed E-state index contributed by atoms with van der Waals surface area (Å²) in [6.45, 7) is 3.11. The number of rotatable bonds is 5. The van der Waals surface area contributed by atoms with Gasteiger partial charge in [0.05, 0.1) is 0 Å². The van der Waals surface area contributed by atoms with Crippen molar-refractivity contribution in [2.75, 3.05) is 6.61 Å². The summed E-state index contributed by atoms with van der Waals surface area (Å²) in [4.78, 5) is 36.8. The molecular formula is C8H13N3O5S. The summed E-state index contributed by atoms with van der Waals surface area (Å²) in [6, 6.07) is -1.10. The van der Waals surface area contributed by atoms with Gasteiger partial charge in [0.25, 0.3) is 10.3 Å². The molecule has 1 saturated heterocycles. The second kappa shape index (κ2) is 5.71. The predicted molar refractivity (Wildman–Crippen MR) is 59.9 cm³/mol. The number of hydrogen-bond acceptors (Lipinski definition) is 6. The first kappa shape index (κ1) is 13.6. The maximum Gasteiger partial charge on any atom is 0.294 e. The van der Waals surface area contributed by atoms with Crippen LogP contribution in [0.15, 0.2) is 0 Å². The summed E-state index contributed by atoms with van der Waals surface area (Å²) in [7, 11) is 0. The van der Waals surface area contributed by atoms with Crippen LogP contribution >= 0.6 is 11.8 Å². The predicted octanol–water partition coefficient (Wildman–Crippen LogP) is -0.0871. The van der Waals surface area contributed by atoms with Crippen molar-refractivity contribution in [3.8, 4) is 0 Å². The number of hydrogen-bond donors (Lipinski definition) is 2. The first-order valence-electron chi connectivity index (χ1n) is 4.95. The van der Waals surface area contributed by atoms with E-state index in [1.807, 2.05) is 0 Å². The molecule has 9 heteroatoms. The largest absolute Gasteiger partial charge is 0.350 e. The first-order chi connectivity index (χ1) is 7.90. The second-order valence-corrected chi connectivity index (χ2v) is 5.01. The topological polar surface area (TPSA) is 111 Å². The van der Waals surface area contributed by atoms with E-state index < -0.39 is 17.2 Å². The third-order valence-electron chi connectivity index (χ3n) is 2.14. The van der Waals surface area contributed by atoms with Crippen LogP contribution in [0.3, 0.4) is 0 Å². The summed E-state index contributed by atoms with van der Waals surface area (Å²) in [5, 5.41) is 13.7. The quantitative estimate of drug-likeness (QED) is 0.530. The molecule has 0 aromatic heterocycles. The maximum atomic E-state index is 11.7. The fourth-order valence-electron chi connectivity index (χ4n) is 1.34. The van der Waals surface area contributed by atoms with Gasteiger partial charge in [-0.25, -0.2) is 0 Å². The highest BCUT2D eigenvalue weighted by Crippen LogP contribution is 2.22. The van der Waals surface area contributed by atoms with Crippen molar-refractivity contribution in [3.63, 3.8) is 0 Å². The van der Waals surface area contributed by atoms with Gasteiger partial charge in [0.2, 0.25) is 5.91 Å². The minimum Gasteiger partial charge on any atom is -0.350 e. The van der Waals surface area contributed by atoms with Crippen LogP contribution in [0, 0.1) is 10.1 Å². The van der Waals surface area contributed by atoms with Crippen molar-refractivity contribution < 1.29 is 19.5 Å². The number of thioether (sulfide) groups is 1. The Morgan fingerprint density at radius 2 is 2.41 bits per heavy atom. The van der Waals surface area contributed by atoms with Gasteiger partial charge in [-0.3, -0.25) is 9.59 Å². The molecule has 8 nitrogen and oxygen atoms in total. The van der Waals surface area contributed by atoms with E-state index in [0.717, 1.165) is 11.8 Å². The Morgan fingerprint density at radius 3 is 2.88 bits per heavy atom. The summed E-state index contributed by atoms with van der Waals surface area (Å²) in [5.74, 6) is -0.365. The molecule has 0 aromatic carbocycles. The summed E-state index contributed by atoms with van der Waals surface area (Å²) in [5.41, 5.74) is 0. The van der Waals surface area contributed by atoms with Gasteiger partial charge in [-0.2, -0.15) is 0 Å². The zero-order valence-corrected chi connectivity index (χ0v) is 10.2. The van der Waals surface area contributed by atoms with Crippen LogP contribution in [0.1, 0.15) is 13.8 Å². The molecule has 1 aliphatic rings. The first-order valence-corrected chi connectivity index (χ1v) is 5.83. The molecule has 2 amide bonds. The summed E-state index contributed by atoms with van der Waals surface area (Å²) in [6.07, 6.45) is 0. The van der Waals surface area contributed by atoms with E-state index in [2.05, 4.69) is 15.5 Å². The molecule has 0 radical (unpaired) electrons. The Hall–Kier alpha value is -1.51. The minimum atomic E-state index is -0.918. The van der Waals surface area contributed by atoms with Gasteiger partial charge in [-0.15, -0.1) is 10.1 Å². The Bertz CT molecular complexity index is 337. The summed E-state index contributed by atoms with van der Waals surface area (Å²) >= 11 is 1.05. The van der Waals surface area contributed by atoms with Crippen molar-refractivity contribution in [1.82, 2.24) is 10.6 Å². The SMILES string of the molecule is CC1SC(=O)N[C@@H]1C(=O)N[C@@H](C)CO[N+](=O)[O-]. The van der Waals surface area contributed by atoms with E-state index in [1.165, 1.54) is 0 Å². The van der Waals surface area contributed by atoms with Crippen LogP contribution in [0.5, 0.6) is 0 Å². The highest BCUT2D eigenvalue weighted by molar-refractivity contribution is 8.14. The summed E-state index contributed by atoms with van der Waals surface area (Å²) < 4.78 is 0. The fraction of sp³-hybridized carbons (Fsp3) is 0.750. The Balaban J connectivity index is 2.38. The van der Waals surface area contributed by atoms with Crippen LogP contribution < -0.4 is 10.6 Å². The second-order valence-electron chi connectivity index (χ2n) is 3.66. The van der Waals surface area contributed by atoms with Crippen molar-refractivity contribution in [3.05, 3.63) is 10.1 Å². The highest BCUT2D eigenvalue weighted by atomic mass is 32.2. The molecule has 1 fully saturated rings. The molecule has 17 heavy (non-hydrogen) atoms. The average molecular weight is 263 g/mol. The van der Waals surface area contributed by atoms with Crippen LogP contribution in [0.2, 0.25) is 0 Å². The molecule has 0 aliphatic carbocycles. The number of nitrogens with one attached hydrogen (secondary N) is 2. The highest BCUT2D eigenvalue weighted by Gasteiger charge is 2.35. The molecule has 0 bridgehead atoms. The molecule has 1 aliphatic heterocycles. The van der Waals surface area contributed by atoms with Crippen LogP contribution in [-0.2, 0) is 9.63 Å². The molecule has 1 rings (SSSR count). The van der Waals surface area contributed by atoms with Gasteiger partial charge < -0.3 is 15.5 Å². The molecule has 0 spiro atoms. The monoisotopic (exact) mass is 263 g/mol. The lowest BCUT2D eigenvalue weighted by atomic mass is 10.2. The molecule has 0 aromatic rings. The molecule has 3 atom stereocenters. The number of carbonyl (C=O) groups excluding carboxylic acids is 2. The lowest BCUT2D eigenvalue weighted by Crippen LogP contribution is -2.49. The minimum absolute atomic E-state index is 0.161. The Kier molecular flexibility index (Phi) is 4.55. The molecule has 96 valence electrons. The van der Waals surface area contributed by atoms with Gasteiger partial charge in [-0.1, -0.05) is 18.7 Å². The van der Waals surface area contributed by atoms with Crippen molar-refractivity contribution in [2.24, 2.45) is 0 Å². The smallest absolute Gasteiger partial charge is 0.294 e. The van der Waals surface area contributed by atoms with Gasteiger partial charge in [-0.05, 0) is 6.92 Å².